The highest BCUT2D eigenvalue weighted by Crippen LogP contribution is 2.28. The van der Waals surface area contributed by atoms with Crippen LogP contribution in [0.4, 0.5) is 5.69 Å². The van der Waals surface area contributed by atoms with Crippen LogP contribution >= 0.6 is 11.6 Å². The van der Waals surface area contributed by atoms with Crippen LogP contribution < -0.4 is 4.90 Å². The molecule has 0 atom stereocenters. The number of fused-ring (bicyclic) bond motifs is 1. The van der Waals surface area contributed by atoms with Gasteiger partial charge in [-0.2, -0.15) is 8.42 Å². The first-order valence-corrected chi connectivity index (χ1v) is 7.00. The van der Waals surface area contributed by atoms with E-state index in [1.54, 1.807) is 35.2 Å². The van der Waals surface area contributed by atoms with Gasteiger partial charge < -0.3 is 4.90 Å². The first-order chi connectivity index (χ1) is 8.15. The van der Waals surface area contributed by atoms with E-state index in [4.69, 9.17) is 11.6 Å². The normalized spacial score (nSPS) is 17.4. The Labute approximate surface area is 105 Å². The van der Waals surface area contributed by atoms with Crippen molar-refractivity contribution < 1.29 is 8.42 Å². The van der Waals surface area contributed by atoms with E-state index in [1.807, 2.05) is 6.08 Å². The SMILES string of the molecule is O=S1(=O)N=CN(C/C=C/CCl)c2ccccc21. The zero-order chi connectivity index (χ0) is 12.3. The molecule has 90 valence electrons. The van der Waals surface area contributed by atoms with Crippen LogP contribution in [0.5, 0.6) is 0 Å². The first kappa shape index (κ1) is 12.1. The second-order valence-electron chi connectivity index (χ2n) is 3.44. The molecule has 0 saturated heterocycles. The van der Waals surface area contributed by atoms with Gasteiger partial charge in [0, 0.05) is 12.4 Å². The molecule has 0 aromatic heterocycles. The lowest BCUT2D eigenvalue weighted by molar-refractivity contribution is 0.597. The summed E-state index contributed by atoms with van der Waals surface area (Å²) in [6.45, 7) is 0.544. The highest BCUT2D eigenvalue weighted by Gasteiger charge is 2.23. The quantitative estimate of drug-likeness (QED) is 0.624. The Morgan fingerprint density at radius 2 is 2.06 bits per heavy atom. The monoisotopic (exact) mass is 270 g/mol. The van der Waals surface area contributed by atoms with Crippen LogP contribution in [0.3, 0.4) is 0 Å². The number of hydrogen-bond acceptors (Lipinski definition) is 3. The summed E-state index contributed by atoms with van der Waals surface area (Å²) in [5.41, 5.74) is 0.640. The number of para-hydroxylation sites is 1. The Kier molecular flexibility index (Phi) is 3.49. The lowest BCUT2D eigenvalue weighted by Crippen LogP contribution is -2.27. The van der Waals surface area contributed by atoms with Gasteiger partial charge in [-0.1, -0.05) is 24.3 Å². The van der Waals surface area contributed by atoms with E-state index in [2.05, 4.69) is 4.40 Å². The number of anilines is 1. The highest BCUT2D eigenvalue weighted by molar-refractivity contribution is 7.90. The molecule has 1 aromatic carbocycles. The van der Waals surface area contributed by atoms with E-state index < -0.39 is 10.0 Å². The minimum atomic E-state index is -3.53. The number of sulfonamides is 1. The Hall–Kier alpha value is -1.33. The molecule has 1 aliphatic heterocycles. The van der Waals surface area contributed by atoms with Gasteiger partial charge >= 0.3 is 0 Å². The van der Waals surface area contributed by atoms with E-state index in [-0.39, 0.29) is 4.90 Å². The number of halogens is 1. The average molecular weight is 271 g/mol. The molecule has 0 unspecified atom stereocenters. The summed E-state index contributed by atoms with van der Waals surface area (Å²) in [5.74, 6) is 0.435. The maximum atomic E-state index is 11.7. The number of hydrogen-bond donors (Lipinski definition) is 0. The van der Waals surface area contributed by atoms with Crippen LogP contribution in [0.1, 0.15) is 0 Å². The first-order valence-electron chi connectivity index (χ1n) is 5.02. The molecule has 1 aromatic rings. The van der Waals surface area contributed by atoms with Gasteiger partial charge in [-0.3, -0.25) is 0 Å². The third-order valence-electron chi connectivity index (χ3n) is 2.34. The molecule has 2 rings (SSSR count). The maximum Gasteiger partial charge on any atom is 0.285 e. The van der Waals surface area contributed by atoms with Crippen molar-refractivity contribution in [2.75, 3.05) is 17.3 Å². The number of alkyl halides is 1. The summed E-state index contributed by atoms with van der Waals surface area (Å²) < 4.78 is 26.9. The van der Waals surface area contributed by atoms with Crippen molar-refractivity contribution in [2.45, 2.75) is 4.90 Å². The molecule has 0 radical (unpaired) electrons. The molecule has 6 heteroatoms. The summed E-state index contributed by atoms with van der Waals surface area (Å²) in [5, 5.41) is 0. The summed E-state index contributed by atoms with van der Waals surface area (Å²) in [6, 6.07) is 6.79. The molecular weight excluding hydrogens is 260 g/mol. The molecular formula is C11H11ClN2O2S. The van der Waals surface area contributed by atoms with Crippen LogP contribution in [0.15, 0.2) is 45.7 Å². The lowest BCUT2D eigenvalue weighted by atomic mass is 10.3. The molecule has 0 spiro atoms. The fourth-order valence-corrected chi connectivity index (χ4v) is 2.72. The zero-order valence-corrected chi connectivity index (χ0v) is 10.5. The third-order valence-corrected chi connectivity index (χ3v) is 3.79. The molecule has 0 bridgehead atoms. The van der Waals surface area contributed by atoms with Crippen LogP contribution in [-0.4, -0.2) is 27.2 Å². The molecule has 0 fully saturated rings. The minimum Gasteiger partial charge on any atom is -0.327 e. The molecule has 0 aliphatic carbocycles. The second-order valence-corrected chi connectivity index (χ2v) is 5.35. The van der Waals surface area contributed by atoms with Gasteiger partial charge in [0.25, 0.3) is 10.0 Å². The molecule has 0 saturated carbocycles. The fourth-order valence-electron chi connectivity index (χ4n) is 1.55. The number of rotatable bonds is 3. The van der Waals surface area contributed by atoms with E-state index in [1.165, 1.54) is 6.34 Å². The van der Waals surface area contributed by atoms with Gasteiger partial charge in [0.2, 0.25) is 0 Å². The largest absolute Gasteiger partial charge is 0.327 e. The van der Waals surface area contributed by atoms with Crippen LogP contribution in [0, 0.1) is 0 Å². The van der Waals surface area contributed by atoms with Crippen molar-refractivity contribution in [1.29, 1.82) is 0 Å². The van der Waals surface area contributed by atoms with Gasteiger partial charge in [0.05, 0.1) is 5.69 Å². The summed E-state index contributed by atoms with van der Waals surface area (Å²) in [4.78, 5) is 2.00. The molecule has 0 N–H and O–H groups in total. The Balaban J connectivity index is 2.37. The molecule has 4 nitrogen and oxygen atoms in total. The van der Waals surface area contributed by atoms with Crippen LogP contribution in [0.25, 0.3) is 0 Å². The van der Waals surface area contributed by atoms with Crippen molar-refractivity contribution in [3.05, 3.63) is 36.4 Å². The van der Waals surface area contributed by atoms with Crippen molar-refractivity contribution in [2.24, 2.45) is 4.40 Å². The van der Waals surface area contributed by atoms with E-state index in [0.29, 0.717) is 18.1 Å². The van der Waals surface area contributed by atoms with Crippen molar-refractivity contribution in [3.8, 4) is 0 Å². The third kappa shape index (κ3) is 2.50. The fraction of sp³-hybridized carbons (Fsp3) is 0.182. The Morgan fingerprint density at radius 1 is 1.29 bits per heavy atom. The predicted molar refractivity (Wildman–Crippen MR) is 69.3 cm³/mol. The maximum absolute atomic E-state index is 11.7. The number of benzene rings is 1. The van der Waals surface area contributed by atoms with E-state index >= 15 is 0 Å². The van der Waals surface area contributed by atoms with Crippen LogP contribution in [0.2, 0.25) is 0 Å². The minimum absolute atomic E-state index is 0.238. The van der Waals surface area contributed by atoms with Gasteiger partial charge in [0.15, 0.2) is 0 Å². The van der Waals surface area contributed by atoms with Crippen molar-refractivity contribution in [1.82, 2.24) is 0 Å². The highest BCUT2D eigenvalue weighted by atomic mass is 35.5. The van der Waals surface area contributed by atoms with Gasteiger partial charge in [0.1, 0.15) is 11.2 Å². The smallest absolute Gasteiger partial charge is 0.285 e. The lowest BCUT2D eigenvalue weighted by Gasteiger charge is -2.23. The van der Waals surface area contributed by atoms with Gasteiger partial charge in [-0.25, -0.2) is 0 Å². The van der Waals surface area contributed by atoms with E-state index in [0.717, 1.165) is 0 Å². The predicted octanol–water partition coefficient (Wildman–Crippen LogP) is 2.02. The summed E-state index contributed by atoms with van der Waals surface area (Å²) >= 11 is 5.53. The van der Waals surface area contributed by atoms with Crippen molar-refractivity contribution in [3.63, 3.8) is 0 Å². The van der Waals surface area contributed by atoms with Crippen LogP contribution in [-0.2, 0) is 10.0 Å². The number of allylic oxidation sites excluding steroid dienone is 1. The summed E-state index contributed by atoms with van der Waals surface area (Å²) in [7, 11) is -3.53. The number of nitrogens with zero attached hydrogens (tertiary/aromatic N) is 2. The Bertz CT molecular complexity index is 567. The van der Waals surface area contributed by atoms with Crippen molar-refractivity contribution >= 4 is 33.7 Å². The van der Waals surface area contributed by atoms with Gasteiger partial charge in [-0.15, -0.1) is 16.0 Å². The molecule has 1 aliphatic rings. The zero-order valence-electron chi connectivity index (χ0n) is 8.95. The Morgan fingerprint density at radius 3 is 2.82 bits per heavy atom. The molecule has 0 amide bonds. The molecule has 1 heterocycles. The van der Waals surface area contributed by atoms with E-state index in [9.17, 15) is 8.42 Å². The average Bonchev–Trinajstić information content (AvgIpc) is 2.33. The molecule has 17 heavy (non-hydrogen) atoms. The topological polar surface area (TPSA) is 49.7 Å². The summed E-state index contributed by atoms with van der Waals surface area (Å²) in [6.07, 6.45) is 5.01. The standard InChI is InChI=1S/C11H11ClN2O2S/c12-7-3-4-8-14-9-13-17(15,16)11-6-2-1-5-10(11)14/h1-6,9H,7-8H2/b4-3+. The second kappa shape index (κ2) is 4.89. The van der Waals surface area contributed by atoms with Gasteiger partial charge in [-0.05, 0) is 12.1 Å².